The molecule has 0 aromatic heterocycles. The van der Waals surface area contributed by atoms with Gasteiger partial charge in [-0.2, -0.15) is 0 Å². The number of nitrogens with one attached hydrogen (secondary N) is 1. The maximum absolute atomic E-state index is 11.7. The molecule has 2 atom stereocenters. The largest absolute Gasteiger partial charge is 0.480 e. The third kappa shape index (κ3) is 5.30. The first-order chi connectivity index (χ1) is 7.70. The fraction of sp³-hybridized carbons (Fsp3) is 0.700. The summed E-state index contributed by atoms with van der Waals surface area (Å²) < 4.78 is 0. The van der Waals surface area contributed by atoms with Gasteiger partial charge in [-0.25, -0.2) is 4.79 Å². The minimum Gasteiger partial charge on any atom is -0.480 e. The Bertz CT molecular complexity index is 315. The van der Waals surface area contributed by atoms with Crippen LogP contribution in [0.25, 0.3) is 0 Å². The summed E-state index contributed by atoms with van der Waals surface area (Å²) >= 11 is 0. The van der Waals surface area contributed by atoms with E-state index in [0.717, 1.165) is 0 Å². The summed E-state index contributed by atoms with van der Waals surface area (Å²) in [5.41, 5.74) is 9.47. The number of carboxylic acids is 1. The summed E-state index contributed by atoms with van der Waals surface area (Å²) in [6.07, 6.45) is 0.652. The number of hydrogen-bond donors (Lipinski definition) is 4. The molecule has 1 unspecified atom stereocenters. The molecule has 6 N–H and O–H groups in total. The van der Waals surface area contributed by atoms with Gasteiger partial charge in [-0.3, -0.25) is 9.59 Å². The molecule has 0 rings (SSSR count). The summed E-state index contributed by atoms with van der Waals surface area (Å²) in [4.78, 5) is 33.1. The van der Waals surface area contributed by atoms with Gasteiger partial charge < -0.3 is 21.9 Å². The van der Waals surface area contributed by atoms with Gasteiger partial charge in [0, 0.05) is 0 Å². The van der Waals surface area contributed by atoms with E-state index in [-0.39, 0.29) is 0 Å². The summed E-state index contributed by atoms with van der Waals surface area (Å²) in [5.74, 6) is -2.72. The van der Waals surface area contributed by atoms with Crippen LogP contribution in [0.15, 0.2) is 0 Å². The molecule has 0 aromatic rings. The second-order valence-electron chi connectivity index (χ2n) is 4.20. The lowest BCUT2D eigenvalue weighted by atomic mass is 9.96. The van der Waals surface area contributed by atoms with E-state index < -0.39 is 35.8 Å². The highest BCUT2D eigenvalue weighted by Crippen LogP contribution is 2.09. The predicted molar refractivity (Wildman–Crippen MR) is 60.9 cm³/mol. The van der Waals surface area contributed by atoms with Crippen molar-refractivity contribution in [2.24, 2.45) is 11.5 Å². The van der Waals surface area contributed by atoms with Crippen LogP contribution in [0, 0.1) is 0 Å². The molecule has 0 heterocycles. The van der Waals surface area contributed by atoms with E-state index in [1.807, 2.05) is 6.92 Å². The first-order valence-electron chi connectivity index (χ1n) is 5.31. The molecule has 0 aliphatic heterocycles. The zero-order chi connectivity index (χ0) is 13.6. The van der Waals surface area contributed by atoms with Gasteiger partial charge in [-0.05, 0) is 13.3 Å². The molecular weight excluding hydrogens is 226 g/mol. The van der Waals surface area contributed by atoms with Crippen molar-refractivity contribution in [3.05, 3.63) is 0 Å². The van der Waals surface area contributed by atoms with Gasteiger partial charge in [-0.15, -0.1) is 0 Å². The molecule has 0 bridgehead atoms. The van der Waals surface area contributed by atoms with Gasteiger partial charge in [0.1, 0.15) is 6.04 Å². The Morgan fingerprint density at radius 1 is 1.41 bits per heavy atom. The van der Waals surface area contributed by atoms with Gasteiger partial charge >= 0.3 is 5.97 Å². The third-order valence-corrected chi connectivity index (χ3v) is 2.30. The number of nitrogens with two attached hydrogens (primary N) is 2. The molecule has 0 aliphatic rings. The van der Waals surface area contributed by atoms with E-state index in [0.29, 0.717) is 12.8 Å². The van der Waals surface area contributed by atoms with Crippen LogP contribution in [0.3, 0.4) is 0 Å². The van der Waals surface area contributed by atoms with Gasteiger partial charge in [-0.1, -0.05) is 13.3 Å². The number of carbonyl (C=O) groups is 3. The molecule has 0 fully saturated rings. The van der Waals surface area contributed by atoms with Crippen LogP contribution in [0.1, 0.15) is 33.1 Å². The van der Waals surface area contributed by atoms with Crippen molar-refractivity contribution in [2.75, 3.05) is 0 Å². The predicted octanol–water partition coefficient (Wildman–Crippen LogP) is -1.05. The van der Waals surface area contributed by atoms with E-state index in [4.69, 9.17) is 16.6 Å². The first-order valence-corrected chi connectivity index (χ1v) is 5.31. The summed E-state index contributed by atoms with van der Waals surface area (Å²) in [6, 6.07) is -1.33. The Morgan fingerprint density at radius 2 is 1.94 bits per heavy atom. The van der Waals surface area contributed by atoms with Crippen molar-refractivity contribution in [3.8, 4) is 0 Å². The van der Waals surface area contributed by atoms with Crippen molar-refractivity contribution < 1.29 is 19.5 Å². The lowest BCUT2D eigenvalue weighted by Gasteiger charge is -2.25. The Kier molecular flexibility index (Phi) is 5.60. The number of rotatable bonds is 7. The van der Waals surface area contributed by atoms with E-state index in [1.165, 1.54) is 6.92 Å². The monoisotopic (exact) mass is 245 g/mol. The van der Waals surface area contributed by atoms with Gasteiger partial charge in [0.2, 0.25) is 11.8 Å². The number of hydrogen-bond acceptors (Lipinski definition) is 4. The second kappa shape index (κ2) is 6.19. The number of primary amides is 1. The van der Waals surface area contributed by atoms with E-state index in [1.54, 1.807) is 0 Å². The Labute approximate surface area is 99.5 Å². The van der Waals surface area contributed by atoms with Gasteiger partial charge in [0.05, 0.1) is 12.0 Å². The van der Waals surface area contributed by atoms with Crippen LogP contribution in [0.2, 0.25) is 0 Å². The molecule has 0 radical (unpaired) electrons. The van der Waals surface area contributed by atoms with Crippen LogP contribution >= 0.6 is 0 Å². The van der Waals surface area contributed by atoms with Crippen LogP contribution in [0.5, 0.6) is 0 Å². The average Bonchev–Trinajstić information content (AvgIpc) is 2.15. The molecule has 7 nitrogen and oxygen atoms in total. The molecule has 0 aliphatic carbocycles. The number of aliphatic carboxylic acids is 1. The highest BCUT2D eigenvalue weighted by Gasteiger charge is 2.31. The summed E-state index contributed by atoms with van der Waals surface area (Å²) in [7, 11) is 0. The SMILES string of the molecule is CCCC(C)(N)C(=O)N[C@@H](CC(N)=O)C(=O)O. The van der Waals surface area contributed by atoms with Crippen LogP contribution in [0.4, 0.5) is 0 Å². The number of amides is 2. The van der Waals surface area contributed by atoms with Crippen molar-refractivity contribution in [1.29, 1.82) is 0 Å². The number of carbonyl (C=O) groups excluding carboxylic acids is 2. The Hall–Kier alpha value is -1.63. The highest BCUT2D eigenvalue weighted by molar-refractivity contribution is 5.91. The molecule has 2 amide bonds. The Morgan fingerprint density at radius 3 is 2.29 bits per heavy atom. The summed E-state index contributed by atoms with van der Waals surface area (Å²) in [5, 5.41) is 11.0. The highest BCUT2D eigenvalue weighted by atomic mass is 16.4. The zero-order valence-corrected chi connectivity index (χ0v) is 10.0. The van der Waals surface area contributed by atoms with Crippen LogP contribution in [-0.2, 0) is 14.4 Å². The Balaban J connectivity index is 4.60. The number of carboxylic acid groups (broad SMARTS) is 1. The van der Waals surface area contributed by atoms with Gasteiger partial charge in [0.15, 0.2) is 0 Å². The van der Waals surface area contributed by atoms with E-state index in [9.17, 15) is 14.4 Å². The maximum Gasteiger partial charge on any atom is 0.326 e. The smallest absolute Gasteiger partial charge is 0.326 e. The molecule has 7 heteroatoms. The molecule has 98 valence electrons. The maximum atomic E-state index is 11.7. The molecule has 17 heavy (non-hydrogen) atoms. The molecule has 0 saturated heterocycles. The zero-order valence-electron chi connectivity index (χ0n) is 10.0. The normalized spacial score (nSPS) is 15.7. The van der Waals surface area contributed by atoms with E-state index in [2.05, 4.69) is 5.32 Å². The topological polar surface area (TPSA) is 136 Å². The van der Waals surface area contributed by atoms with Gasteiger partial charge in [0.25, 0.3) is 0 Å². The molecule has 0 spiro atoms. The lowest BCUT2D eigenvalue weighted by Crippen LogP contribution is -2.56. The minimum absolute atomic E-state index is 0.418. The molecular formula is C10H19N3O4. The van der Waals surface area contributed by atoms with Crippen molar-refractivity contribution >= 4 is 17.8 Å². The second-order valence-corrected chi connectivity index (χ2v) is 4.20. The molecule has 0 saturated carbocycles. The third-order valence-electron chi connectivity index (χ3n) is 2.30. The fourth-order valence-corrected chi connectivity index (χ4v) is 1.36. The standard InChI is InChI=1S/C10H19N3O4/c1-3-4-10(2,12)9(17)13-6(8(15)16)5-7(11)14/h6H,3-5,12H2,1-2H3,(H2,11,14)(H,13,17)(H,15,16)/t6-,10?/m0/s1. The average molecular weight is 245 g/mol. The van der Waals surface area contributed by atoms with E-state index >= 15 is 0 Å². The van der Waals surface area contributed by atoms with Crippen LogP contribution < -0.4 is 16.8 Å². The lowest BCUT2D eigenvalue weighted by molar-refractivity contribution is -0.144. The summed E-state index contributed by atoms with van der Waals surface area (Å²) in [6.45, 7) is 3.37. The minimum atomic E-state index is -1.33. The van der Waals surface area contributed by atoms with Crippen molar-refractivity contribution in [3.63, 3.8) is 0 Å². The first kappa shape index (κ1) is 15.4. The molecule has 0 aromatic carbocycles. The van der Waals surface area contributed by atoms with Crippen molar-refractivity contribution in [2.45, 2.75) is 44.7 Å². The van der Waals surface area contributed by atoms with Crippen LogP contribution in [-0.4, -0.2) is 34.5 Å². The quantitative estimate of drug-likeness (QED) is 0.453. The fourth-order valence-electron chi connectivity index (χ4n) is 1.36. The van der Waals surface area contributed by atoms with Crippen molar-refractivity contribution in [1.82, 2.24) is 5.32 Å².